The first kappa shape index (κ1) is 11.2. The third-order valence-electron chi connectivity index (χ3n) is 1.97. The molecule has 1 aromatic rings. The van der Waals surface area contributed by atoms with E-state index in [2.05, 4.69) is 5.32 Å². The van der Waals surface area contributed by atoms with Gasteiger partial charge >= 0.3 is 0 Å². The number of anilines is 1. The van der Waals surface area contributed by atoms with E-state index in [0.29, 0.717) is 17.8 Å². The van der Waals surface area contributed by atoms with Gasteiger partial charge in [0.05, 0.1) is 4.92 Å². The van der Waals surface area contributed by atoms with E-state index in [1.165, 1.54) is 13.0 Å². The van der Waals surface area contributed by atoms with Crippen molar-refractivity contribution < 1.29 is 9.72 Å². The minimum atomic E-state index is -0.496. The SMILES string of the molecule is CCNc1ccc(C(C)=O)cc1[N+](=O)[O-]. The lowest BCUT2D eigenvalue weighted by Crippen LogP contribution is -2.03. The molecule has 5 heteroatoms. The Balaban J connectivity index is 3.20. The van der Waals surface area contributed by atoms with Crippen LogP contribution in [0.4, 0.5) is 11.4 Å². The summed E-state index contributed by atoms with van der Waals surface area (Å²) < 4.78 is 0. The maximum absolute atomic E-state index is 11.0. The highest BCUT2D eigenvalue weighted by atomic mass is 16.6. The fraction of sp³-hybridized carbons (Fsp3) is 0.300. The van der Waals surface area contributed by atoms with Crippen LogP contribution >= 0.6 is 0 Å². The smallest absolute Gasteiger partial charge is 0.293 e. The summed E-state index contributed by atoms with van der Waals surface area (Å²) in [6.45, 7) is 3.83. The van der Waals surface area contributed by atoms with E-state index < -0.39 is 4.92 Å². The number of rotatable bonds is 4. The van der Waals surface area contributed by atoms with Gasteiger partial charge in [0.2, 0.25) is 0 Å². The molecular weight excluding hydrogens is 196 g/mol. The molecule has 5 nitrogen and oxygen atoms in total. The number of nitrogens with one attached hydrogen (secondary N) is 1. The van der Waals surface area contributed by atoms with Gasteiger partial charge in [0.15, 0.2) is 5.78 Å². The second kappa shape index (κ2) is 4.54. The van der Waals surface area contributed by atoms with Crippen molar-refractivity contribution in [3.8, 4) is 0 Å². The van der Waals surface area contributed by atoms with Crippen LogP contribution in [0, 0.1) is 10.1 Å². The molecule has 0 aliphatic carbocycles. The molecule has 0 atom stereocenters. The number of hydrogen-bond acceptors (Lipinski definition) is 4. The van der Waals surface area contributed by atoms with Crippen LogP contribution in [0.25, 0.3) is 0 Å². The highest BCUT2D eigenvalue weighted by molar-refractivity contribution is 5.95. The summed E-state index contributed by atoms with van der Waals surface area (Å²) in [6.07, 6.45) is 0. The third kappa shape index (κ3) is 2.52. The molecule has 0 radical (unpaired) electrons. The largest absolute Gasteiger partial charge is 0.380 e. The first-order chi connectivity index (χ1) is 7.06. The predicted molar refractivity (Wildman–Crippen MR) is 57.3 cm³/mol. The molecule has 0 aliphatic heterocycles. The van der Waals surface area contributed by atoms with E-state index in [9.17, 15) is 14.9 Å². The second-order valence-electron chi connectivity index (χ2n) is 3.08. The summed E-state index contributed by atoms with van der Waals surface area (Å²) in [5, 5.41) is 13.6. The van der Waals surface area contributed by atoms with Gasteiger partial charge in [0.1, 0.15) is 5.69 Å². The van der Waals surface area contributed by atoms with Crippen LogP contribution in [0.3, 0.4) is 0 Å². The molecule has 0 aliphatic rings. The number of Topliss-reactive ketones (excluding diaryl/α,β-unsaturated/α-hetero) is 1. The molecule has 1 aromatic carbocycles. The van der Waals surface area contributed by atoms with E-state index in [-0.39, 0.29) is 11.5 Å². The van der Waals surface area contributed by atoms with Gasteiger partial charge in [-0.3, -0.25) is 14.9 Å². The number of nitro groups is 1. The number of nitrogens with zero attached hydrogens (tertiary/aromatic N) is 1. The molecule has 15 heavy (non-hydrogen) atoms. The Morgan fingerprint density at radius 3 is 2.67 bits per heavy atom. The maximum Gasteiger partial charge on any atom is 0.293 e. The van der Waals surface area contributed by atoms with Crippen LogP contribution in [-0.4, -0.2) is 17.3 Å². The van der Waals surface area contributed by atoms with E-state index in [4.69, 9.17) is 0 Å². The molecule has 1 N–H and O–H groups in total. The zero-order chi connectivity index (χ0) is 11.4. The standard InChI is InChI=1S/C10H12N2O3/c1-3-11-9-5-4-8(7(2)13)6-10(9)12(14)15/h4-6,11H,3H2,1-2H3. The van der Waals surface area contributed by atoms with Crippen LogP contribution in [0.1, 0.15) is 24.2 Å². The van der Waals surface area contributed by atoms with E-state index in [1.807, 2.05) is 6.92 Å². The third-order valence-corrected chi connectivity index (χ3v) is 1.97. The highest BCUT2D eigenvalue weighted by Crippen LogP contribution is 2.25. The summed E-state index contributed by atoms with van der Waals surface area (Å²) in [7, 11) is 0. The van der Waals surface area contributed by atoms with Crippen molar-refractivity contribution in [3.63, 3.8) is 0 Å². The van der Waals surface area contributed by atoms with E-state index in [1.54, 1.807) is 12.1 Å². The summed E-state index contributed by atoms with van der Waals surface area (Å²) >= 11 is 0. The van der Waals surface area contributed by atoms with Crippen molar-refractivity contribution in [2.45, 2.75) is 13.8 Å². The number of hydrogen-bond donors (Lipinski definition) is 1. The summed E-state index contributed by atoms with van der Waals surface area (Å²) in [4.78, 5) is 21.3. The molecule has 80 valence electrons. The Bertz CT molecular complexity index is 402. The quantitative estimate of drug-likeness (QED) is 0.468. The molecule has 0 aromatic heterocycles. The molecule has 0 spiro atoms. The first-order valence-electron chi connectivity index (χ1n) is 4.59. The van der Waals surface area contributed by atoms with Crippen molar-refractivity contribution in [1.29, 1.82) is 0 Å². The van der Waals surface area contributed by atoms with Gasteiger partial charge in [0.25, 0.3) is 5.69 Å². The highest BCUT2D eigenvalue weighted by Gasteiger charge is 2.15. The zero-order valence-corrected chi connectivity index (χ0v) is 8.61. The molecule has 0 fully saturated rings. The first-order valence-corrected chi connectivity index (χ1v) is 4.59. The van der Waals surface area contributed by atoms with Crippen molar-refractivity contribution >= 4 is 17.2 Å². The number of carbonyl (C=O) groups is 1. The Kier molecular flexibility index (Phi) is 3.38. The molecule has 0 amide bonds. The minimum absolute atomic E-state index is 0.0652. The number of ketones is 1. The monoisotopic (exact) mass is 208 g/mol. The van der Waals surface area contributed by atoms with Crippen molar-refractivity contribution in [2.24, 2.45) is 0 Å². The fourth-order valence-corrected chi connectivity index (χ4v) is 1.24. The summed E-state index contributed by atoms with van der Waals surface area (Å²) in [5.74, 6) is -0.179. The molecule has 1 rings (SSSR count). The van der Waals surface area contributed by atoms with Crippen LogP contribution in [-0.2, 0) is 0 Å². The van der Waals surface area contributed by atoms with Crippen molar-refractivity contribution in [3.05, 3.63) is 33.9 Å². The lowest BCUT2D eigenvalue weighted by Gasteiger charge is -2.05. The van der Waals surface area contributed by atoms with Gasteiger partial charge in [-0.25, -0.2) is 0 Å². The average Bonchev–Trinajstić information content (AvgIpc) is 2.18. The number of nitro benzene ring substituents is 1. The summed E-state index contributed by atoms with van der Waals surface area (Å²) in [6, 6.07) is 4.42. The second-order valence-corrected chi connectivity index (χ2v) is 3.08. The lowest BCUT2D eigenvalue weighted by molar-refractivity contribution is -0.384. The van der Waals surface area contributed by atoms with Crippen molar-refractivity contribution in [2.75, 3.05) is 11.9 Å². The van der Waals surface area contributed by atoms with Crippen LogP contribution < -0.4 is 5.32 Å². The van der Waals surface area contributed by atoms with Crippen molar-refractivity contribution in [1.82, 2.24) is 0 Å². The lowest BCUT2D eigenvalue weighted by atomic mass is 10.1. The van der Waals surface area contributed by atoms with Crippen LogP contribution in [0.2, 0.25) is 0 Å². The summed E-state index contributed by atoms with van der Waals surface area (Å²) in [5.41, 5.74) is 0.723. The van der Waals surface area contributed by atoms with Crippen LogP contribution in [0.5, 0.6) is 0 Å². The van der Waals surface area contributed by atoms with Gasteiger partial charge in [-0.05, 0) is 26.0 Å². The van der Waals surface area contributed by atoms with Gasteiger partial charge in [-0.15, -0.1) is 0 Å². The van der Waals surface area contributed by atoms with E-state index in [0.717, 1.165) is 0 Å². The van der Waals surface area contributed by atoms with Gasteiger partial charge in [0, 0.05) is 18.2 Å². The topological polar surface area (TPSA) is 72.2 Å². The van der Waals surface area contributed by atoms with Crippen LogP contribution in [0.15, 0.2) is 18.2 Å². The van der Waals surface area contributed by atoms with Gasteiger partial charge < -0.3 is 5.32 Å². The Morgan fingerprint density at radius 2 is 2.20 bits per heavy atom. The molecule has 0 saturated heterocycles. The molecular formula is C10H12N2O3. The molecule has 0 saturated carbocycles. The Morgan fingerprint density at radius 1 is 1.53 bits per heavy atom. The number of carbonyl (C=O) groups excluding carboxylic acids is 1. The zero-order valence-electron chi connectivity index (χ0n) is 8.61. The fourth-order valence-electron chi connectivity index (χ4n) is 1.24. The predicted octanol–water partition coefficient (Wildman–Crippen LogP) is 2.23. The molecule has 0 heterocycles. The maximum atomic E-state index is 11.0. The Hall–Kier alpha value is -1.91. The van der Waals surface area contributed by atoms with E-state index >= 15 is 0 Å². The average molecular weight is 208 g/mol. The molecule has 0 unspecified atom stereocenters. The van der Waals surface area contributed by atoms with Gasteiger partial charge in [-0.2, -0.15) is 0 Å². The Labute approximate surface area is 87.3 Å². The minimum Gasteiger partial charge on any atom is -0.380 e. The van der Waals surface area contributed by atoms with Gasteiger partial charge in [-0.1, -0.05) is 0 Å². The number of benzene rings is 1. The molecule has 0 bridgehead atoms. The normalized spacial score (nSPS) is 9.73.